The summed E-state index contributed by atoms with van der Waals surface area (Å²) < 4.78 is 25.6. The number of carboxylic acid groups (broad SMARTS) is 1. The van der Waals surface area contributed by atoms with Crippen molar-refractivity contribution in [1.29, 1.82) is 0 Å². The maximum Gasteiger partial charge on any atom is 0.307 e. The molecule has 2 aliphatic carbocycles. The van der Waals surface area contributed by atoms with E-state index in [4.69, 9.17) is 9.47 Å². The Bertz CT molecular complexity index is 1160. The van der Waals surface area contributed by atoms with Crippen LogP contribution in [0.2, 0.25) is 0 Å². The van der Waals surface area contributed by atoms with Gasteiger partial charge in [-0.15, -0.1) is 0 Å². The highest BCUT2D eigenvalue weighted by Gasteiger charge is 2.61. The van der Waals surface area contributed by atoms with Crippen molar-refractivity contribution in [3.05, 3.63) is 77.6 Å². The Hall–Kier alpha value is -3.34. The van der Waals surface area contributed by atoms with Crippen molar-refractivity contribution < 1.29 is 23.8 Å². The molecule has 2 atom stereocenters. The highest BCUT2D eigenvalue weighted by molar-refractivity contribution is 5.78. The molecule has 0 radical (unpaired) electrons. The van der Waals surface area contributed by atoms with Gasteiger partial charge in [-0.05, 0) is 78.4 Å². The lowest BCUT2D eigenvalue weighted by Crippen LogP contribution is -2.11. The fourth-order valence-electron chi connectivity index (χ4n) is 4.74. The molecule has 1 N–H and O–H groups in total. The van der Waals surface area contributed by atoms with Crippen LogP contribution in [0.4, 0.5) is 4.39 Å². The number of benzene rings is 3. The number of methoxy groups -OCH3 is 1. The molecule has 0 aromatic heterocycles. The van der Waals surface area contributed by atoms with E-state index in [2.05, 4.69) is 0 Å². The molecule has 0 aliphatic heterocycles. The fourth-order valence-corrected chi connectivity index (χ4v) is 4.74. The minimum Gasteiger partial charge on any atom is -0.497 e. The summed E-state index contributed by atoms with van der Waals surface area (Å²) in [6.45, 7) is 0. The molecule has 5 rings (SSSR count). The van der Waals surface area contributed by atoms with Gasteiger partial charge in [0.1, 0.15) is 23.1 Å². The van der Waals surface area contributed by atoms with Gasteiger partial charge in [0.15, 0.2) is 0 Å². The van der Waals surface area contributed by atoms with Gasteiger partial charge >= 0.3 is 5.97 Å². The molecule has 0 bridgehead atoms. The first-order valence-corrected chi connectivity index (χ1v) is 9.98. The summed E-state index contributed by atoms with van der Waals surface area (Å²) in [6.07, 6.45) is 2.47. The molecule has 0 saturated heterocycles. The van der Waals surface area contributed by atoms with Crippen LogP contribution in [0.1, 0.15) is 24.0 Å². The van der Waals surface area contributed by atoms with E-state index in [1.807, 2.05) is 36.4 Å². The van der Waals surface area contributed by atoms with E-state index in [0.717, 1.165) is 30.4 Å². The Morgan fingerprint density at radius 3 is 2.63 bits per heavy atom. The number of rotatable bonds is 5. The average Bonchev–Trinajstić information content (AvgIpc) is 3.38. The average molecular weight is 404 g/mol. The van der Waals surface area contributed by atoms with Crippen molar-refractivity contribution in [2.75, 3.05) is 7.11 Å². The van der Waals surface area contributed by atoms with Gasteiger partial charge in [-0.2, -0.15) is 0 Å². The van der Waals surface area contributed by atoms with Crippen molar-refractivity contribution in [3.63, 3.8) is 0 Å². The third-order valence-corrected chi connectivity index (χ3v) is 6.38. The third kappa shape index (κ3) is 3.02. The molecule has 1 spiro atoms. The molecule has 1 fully saturated rings. The van der Waals surface area contributed by atoms with Gasteiger partial charge in [0.25, 0.3) is 0 Å². The monoisotopic (exact) mass is 404 g/mol. The quantitative estimate of drug-likeness (QED) is 0.603. The van der Waals surface area contributed by atoms with Crippen LogP contribution in [0.15, 0.2) is 60.7 Å². The smallest absolute Gasteiger partial charge is 0.307 e. The van der Waals surface area contributed by atoms with E-state index < -0.39 is 5.97 Å². The van der Waals surface area contributed by atoms with Crippen molar-refractivity contribution in [2.24, 2.45) is 5.92 Å². The number of hydrogen-bond acceptors (Lipinski definition) is 3. The lowest BCUT2D eigenvalue weighted by molar-refractivity contribution is -0.139. The summed E-state index contributed by atoms with van der Waals surface area (Å²) in [4.78, 5) is 11.4. The zero-order valence-corrected chi connectivity index (χ0v) is 16.5. The lowest BCUT2D eigenvalue weighted by Gasteiger charge is -2.12. The van der Waals surface area contributed by atoms with E-state index in [-0.39, 0.29) is 17.2 Å². The first-order chi connectivity index (χ1) is 14.5. The molecule has 2 aliphatic rings. The minimum absolute atomic E-state index is 0.177. The second kappa shape index (κ2) is 6.87. The molecular formula is C25H21FO4. The molecule has 0 amide bonds. The summed E-state index contributed by atoms with van der Waals surface area (Å²) in [5.74, 6) is 0.599. The maximum absolute atomic E-state index is 14.3. The summed E-state index contributed by atoms with van der Waals surface area (Å²) in [5.41, 5.74) is 3.28. The second-order valence-corrected chi connectivity index (χ2v) is 8.05. The molecule has 3 aromatic carbocycles. The summed E-state index contributed by atoms with van der Waals surface area (Å²) in [7, 11) is 1.55. The van der Waals surface area contributed by atoms with Gasteiger partial charge in [0, 0.05) is 11.0 Å². The summed E-state index contributed by atoms with van der Waals surface area (Å²) in [6, 6.07) is 17.8. The van der Waals surface area contributed by atoms with Crippen LogP contribution in [0.5, 0.6) is 17.2 Å². The van der Waals surface area contributed by atoms with Crippen LogP contribution in [0.3, 0.4) is 0 Å². The molecule has 0 heterocycles. The molecule has 4 nitrogen and oxygen atoms in total. The van der Waals surface area contributed by atoms with Gasteiger partial charge in [0.05, 0.1) is 13.0 Å². The molecule has 5 heteroatoms. The van der Waals surface area contributed by atoms with Gasteiger partial charge < -0.3 is 14.6 Å². The Balaban J connectivity index is 1.40. The van der Waals surface area contributed by atoms with Crippen LogP contribution >= 0.6 is 0 Å². The van der Waals surface area contributed by atoms with E-state index in [0.29, 0.717) is 28.4 Å². The van der Waals surface area contributed by atoms with Crippen LogP contribution in [0.25, 0.3) is 11.1 Å². The number of aryl methyl sites for hydroxylation is 1. The number of hydrogen-bond donors (Lipinski definition) is 1. The van der Waals surface area contributed by atoms with Crippen LogP contribution in [-0.4, -0.2) is 18.2 Å². The molecular weight excluding hydrogens is 383 g/mol. The Kier molecular flexibility index (Phi) is 4.28. The largest absolute Gasteiger partial charge is 0.497 e. The molecule has 1 saturated carbocycles. The Morgan fingerprint density at radius 1 is 1.07 bits per heavy atom. The van der Waals surface area contributed by atoms with Crippen molar-refractivity contribution in [1.82, 2.24) is 0 Å². The zero-order valence-electron chi connectivity index (χ0n) is 16.5. The predicted octanol–water partition coefficient (Wildman–Crippen LogP) is 5.58. The van der Waals surface area contributed by atoms with E-state index in [1.54, 1.807) is 25.3 Å². The van der Waals surface area contributed by atoms with E-state index in [9.17, 15) is 14.3 Å². The first kappa shape index (κ1) is 18.7. The molecule has 152 valence electrons. The Morgan fingerprint density at radius 2 is 1.87 bits per heavy atom. The maximum atomic E-state index is 14.3. The molecule has 30 heavy (non-hydrogen) atoms. The highest BCUT2D eigenvalue weighted by Crippen LogP contribution is 2.61. The van der Waals surface area contributed by atoms with Gasteiger partial charge in [-0.3, -0.25) is 4.79 Å². The Labute approximate surface area is 173 Å². The van der Waals surface area contributed by atoms with Crippen LogP contribution in [0, 0.1) is 11.7 Å². The molecule has 3 aromatic rings. The van der Waals surface area contributed by atoms with E-state index in [1.165, 1.54) is 6.07 Å². The number of ether oxygens (including phenoxy) is 2. The third-order valence-electron chi connectivity index (χ3n) is 6.38. The zero-order chi connectivity index (χ0) is 20.9. The second-order valence-electron chi connectivity index (χ2n) is 8.05. The van der Waals surface area contributed by atoms with Crippen LogP contribution < -0.4 is 9.47 Å². The van der Waals surface area contributed by atoms with Crippen molar-refractivity contribution in [2.45, 2.75) is 24.7 Å². The highest BCUT2D eigenvalue weighted by atomic mass is 19.1. The number of carbonyl (C=O) groups is 1. The SMILES string of the molecule is COc1ccc(F)c(-c2cccc(Oc3ccc4c(c3)CC[C@]43C[C@H]3C(=O)O)c2)c1. The summed E-state index contributed by atoms with van der Waals surface area (Å²) in [5, 5.41) is 9.37. The number of halogens is 1. The summed E-state index contributed by atoms with van der Waals surface area (Å²) >= 11 is 0. The standard InChI is InChI=1S/C25H21FO4/c1-29-17-6-8-23(26)20(13-17)15-3-2-4-18(11-15)30-19-5-7-21-16(12-19)9-10-25(21)14-22(25)24(27)28/h2-8,11-13,22H,9-10,14H2,1H3,(H,27,28)/t22-,25-/m0/s1. The molecule has 0 unspecified atom stereocenters. The minimum atomic E-state index is -0.704. The number of aliphatic carboxylic acids is 1. The fraction of sp³-hybridized carbons (Fsp3) is 0.240. The topological polar surface area (TPSA) is 55.8 Å². The van der Waals surface area contributed by atoms with Gasteiger partial charge in [-0.25, -0.2) is 4.39 Å². The van der Waals surface area contributed by atoms with Crippen molar-refractivity contribution in [3.8, 4) is 28.4 Å². The van der Waals surface area contributed by atoms with Crippen LogP contribution in [-0.2, 0) is 16.6 Å². The predicted molar refractivity (Wildman–Crippen MR) is 111 cm³/mol. The van der Waals surface area contributed by atoms with Gasteiger partial charge in [0.2, 0.25) is 0 Å². The number of carboxylic acids is 1. The first-order valence-electron chi connectivity index (χ1n) is 9.98. The van der Waals surface area contributed by atoms with E-state index >= 15 is 0 Å². The number of fused-ring (bicyclic) bond motifs is 2. The van der Waals surface area contributed by atoms with Crippen molar-refractivity contribution >= 4 is 5.97 Å². The van der Waals surface area contributed by atoms with Gasteiger partial charge in [-0.1, -0.05) is 18.2 Å². The lowest BCUT2D eigenvalue weighted by atomic mass is 9.95. The normalized spacial score (nSPS) is 21.3.